The normalized spacial score (nSPS) is 17.2. The molecule has 0 bridgehead atoms. The van der Waals surface area contributed by atoms with E-state index >= 15 is 0 Å². The second-order valence-corrected chi connectivity index (χ2v) is 1.73. The van der Waals surface area contributed by atoms with E-state index in [9.17, 15) is 0 Å². The van der Waals surface area contributed by atoms with Gasteiger partial charge in [-0.3, -0.25) is 0 Å². The number of hydrogen-bond donors (Lipinski definition) is 2. The van der Waals surface area contributed by atoms with Gasteiger partial charge in [0.15, 0.2) is 5.76 Å². The second kappa shape index (κ2) is 2.87. The van der Waals surface area contributed by atoms with E-state index in [-0.39, 0.29) is 11.7 Å². The van der Waals surface area contributed by atoms with Crippen molar-refractivity contribution in [2.45, 2.75) is 0 Å². The summed E-state index contributed by atoms with van der Waals surface area (Å²) in [4.78, 5) is 3.49. The first kappa shape index (κ1) is 6.61. The van der Waals surface area contributed by atoms with Gasteiger partial charge < -0.3 is 10.2 Å². The van der Waals surface area contributed by atoms with Crippen LogP contribution in [-0.4, -0.2) is 16.1 Å². The lowest BCUT2D eigenvalue weighted by molar-refractivity contribution is 0.407. The Labute approximate surface area is 58.3 Å². The molecule has 0 aromatic rings. The average molecular weight is 137 g/mol. The Morgan fingerprint density at radius 3 is 2.70 bits per heavy atom. The number of aliphatic hydroxyl groups excluding tert-OH is 2. The van der Waals surface area contributed by atoms with E-state index in [2.05, 4.69) is 4.99 Å². The molecule has 0 amide bonds. The van der Waals surface area contributed by atoms with Crippen molar-refractivity contribution >= 4 is 5.90 Å². The minimum atomic E-state index is -0.361. The highest BCUT2D eigenvalue weighted by Crippen LogP contribution is 1.96. The molecule has 0 radical (unpaired) electrons. The zero-order valence-electron chi connectivity index (χ0n) is 5.23. The number of allylic oxidation sites excluding steroid dienone is 4. The average Bonchev–Trinajstić information content (AvgIpc) is 1.92. The van der Waals surface area contributed by atoms with Gasteiger partial charge in [0, 0.05) is 6.20 Å². The molecule has 1 aliphatic rings. The van der Waals surface area contributed by atoms with Gasteiger partial charge in [-0.1, -0.05) is 12.2 Å². The van der Waals surface area contributed by atoms with Crippen LogP contribution in [0.2, 0.25) is 0 Å². The van der Waals surface area contributed by atoms with Crippen molar-refractivity contribution in [3.63, 3.8) is 0 Å². The highest BCUT2D eigenvalue weighted by Gasteiger charge is 1.98. The summed E-state index contributed by atoms with van der Waals surface area (Å²) in [5, 5.41) is 17.7. The van der Waals surface area contributed by atoms with Gasteiger partial charge in [0.2, 0.25) is 0 Å². The van der Waals surface area contributed by atoms with Crippen LogP contribution in [0.1, 0.15) is 0 Å². The summed E-state index contributed by atoms with van der Waals surface area (Å²) >= 11 is 0. The molecule has 0 aliphatic carbocycles. The van der Waals surface area contributed by atoms with Crippen molar-refractivity contribution in [1.29, 1.82) is 0 Å². The Kier molecular flexibility index (Phi) is 1.89. The zero-order valence-corrected chi connectivity index (χ0v) is 5.23. The molecule has 0 fully saturated rings. The van der Waals surface area contributed by atoms with Crippen LogP contribution in [0, 0.1) is 0 Å². The predicted molar refractivity (Wildman–Crippen MR) is 39.1 cm³/mol. The van der Waals surface area contributed by atoms with Crippen LogP contribution < -0.4 is 0 Å². The van der Waals surface area contributed by atoms with E-state index in [1.54, 1.807) is 18.2 Å². The summed E-state index contributed by atoms with van der Waals surface area (Å²) in [7, 11) is 0. The van der Waals surface area contributed by atoms with Crippen LogP contribution in [-0.2, 0) is 0 Å². The summed E-state index contributed by atoms with van der Waals surface area (Å²) in [6, 6.07) is 0. The van der Waals surface area contributed by atoms with Crippen LogP contribution in [0.4, 0.5) is 0 Å². The largest absolute Gasteiger partial charge is 0.503 e. The molecule has 0 atom stereocenters. The number of nitrogens with zero attached hydrogens (tertiary/aromatic N) is 1. The highest BCUT2D eigenvalue weighted by molar-refractivity contribution is 5.90. The highest BCUT2D eigenvalue weighted by atomic mass is 16.3. The van der Waals surface area contributed by atoms with Crippen LogP contribution in [0.25, 0.3) is 0 Å². The fraction of sp³-hybridized carbons (Fsp3) is 0. The van der Waals surface area contributed by atoms with E-state index in [0.717, 1.165) is 0 Å². The molecule has 0 aromatic heterocycles. The molecule has 0 saturated heterocycles. The smallest absolute Gasteiger partial charge is 0.254 e. The lowest BCUT2D eigenvalue weighted by Crippen LogP contribution is -1.99. The summed E-state index contributed by atoms with van der Waals surface area (Å²) in [5.41, 5.74) is 0. The molecule has 10 heavy (non-hydrogen) atoms. The first-order chi connectivity index (χ1) is 4.80. The Hall–Kier alpha value is -1.51. The summed E-state index contributed by atoms with van der Waals surface area (Å²) < 4.78 is 0. The van der Waals surface area contributed by atoms with E-state index in [1.807, 2.05) is 0 Å². The number of aliphatic imine (C=N–C) groups is 1. The van der Waals surface area contributed by atoms with E-state index in [4.69, 9.17) is 10.2 Å². The number of aliphatic hydroxyl groups is 2. The molecule has 3 heteroatoms. The fourth-order valence-corrected chi connectivity index (χ4v) is 0.515. The van der Waals surface area contributed by atoms with Gasteiger partial charge in [0.05, 0.1) is 0 Å². The molecule has 2 N–H and O–H groups in total. The van der Waals surface area contributed by atoms with Crippen LogP contribution in [0.5, 0.6) is 0 Å². The summed E-state index contributed by atoms with van der Waals surface area (Å²) in [6.07, 6.45) is 7.72. The van der Waals surface area contributed by atoms with Crippen LogP contribution in [0.15, 0.2) is 41.3 Å². The molecular weight excluding hydrogens is 130 g/mol. The minimum Gasteiger partial charge on any atom is -0.503 e. The molecule has 0 unspecified atom stereocenters. The zero-order chi connectivity index (χ0) is 7.40. The molecular formula is C7H7NO2. The molecule has 1 aliphatic heterocycles. The third-order valence-electron chi connectivity index (χ3n) is 0.988. The molecule has 0 aromatic carbocycles. The monoisotopic (exact) mass is 137 g/mol. The first-order valence-electron chi connectivity index (χ1n) is 2.80. The van der Waals surface area contributed by atoms with E-state index < -0.39 is 0 Å². The maximum Gasteiger partial charge on any atom is 0.254 e. The van der Waals surface area contributed by atoms with E-state index in [1.165, 1.54) is 12.3 Å². The third-order valence-corrected chi connectivity index (χ3v) is 0.988. The first-order valence-corrected chi connectivity index (χ1v) is 2.80. The van der Waals surface area contributed by atoms with Crippen molar-refractivity contribution in [1.82, 2.24) is 0 Å². The molecule has 0 saturated carbocycles. The van der Waals surface area contributed by atoms with Gasteiger partial charge in [0.25, 0.3) is 5.90 Å². The van der Waals surface area contributed by atoms with Gasteiger partial charge >= 0.3 is 0 Å². The van der Waals surface area contributed by atoms with Crippen molar-refractivity contribution < 1.29 is 10.2 Å². The standard InChI is InChI=1S/C7H7NO2/c9-6-4-2-1-3-5-8-7(6)10/h1-5,9H,(H,8,10). The van der Waals surface area contributed by atoms with Crippen molar-refractivity contribution in [3.8, 4) is 0 Å². The molecule has 52 valence electrons. The van der Waals surface area contributed by atoms with Crippen LogP contribution in [0.3, 0.4) is 0 Å². The van der Waals surface area contributed by atoms with Gasteiger partial charge in [-0.2, -0.15) is 0 Å². The quantitative estimate of drug-likeness (QED) is 0.531. The maximum absolute atomic E-state index is 8.88. The fourth-order valence-electron chi connectivity index (χ4n) is 0.515. The Balaban J connectivity index is 2.91. The van der Waals surface area contributed by atoms with Gasteiger partial charge in [-0.15, -0.1) is 0 Å². The van der Waals surface area contributed by atoms with Gasteiger partial charge in [-0.05, 0) is 12.2 Å². The van der Waals surface area contributed by atoms with Crippen molar-refractivity contribution in [2.24, 2.45) is 4.99 Å². The SMILES string of the molecule is OC1=CC=CC=CN=C1O. The summed E-state index contributed by atoms with van der Waals surface area (Å²) in [5.74, 6) is -0.582. The third kappa shape index (κ3) is 1.48. The lowest BCUT2D eigenvalue weighted by Gasteiger charge is -1.94. The predicted octanol–water partition coefficient (Wildman–Crippen LogP) is 1.47. The second-order valence-electron chi connectivity index (χ2n) is 1.73. The number of hydrogen-bond acceptors (Lipinski definition) is 2. The van der Waals surface area contributed by atoms with Crippen LogP contribution >= 0.6 is 0 Å². The van der Waals surface area contributed by atoms with Crippen molar-refractivity contribution in [3.05, 3.63) is 36.3 Å². The number of rotatable bonds is 0. The van der Waals surface area contributed by atoms with E-state index in [0.29, 0.717) is 0 Å². The van der Waals surface area contributed by atoms with Crippen molar-refractivity contribution in [2.75, 3.05) is 0 Å². The maximum atomic E-state index is 8.88. The Morgan fingerprint density at radius 2 is 1.90 bits per heavy atom. The molecule has 3 nitrogen and oxygen atoms in total. The topological polar surface area (TPSA) is 52.8 Å². The minimum absolute atomic E-state index is 0.222. The lowest BCUT2D eigenvalue weighted by atomic mass is 10.3. The molecule has 1 rings (SSSR count). The molecule has 1 heterocycles. The Bertz CT molecular complexity index is 210. The van der Waals surface area contributed by atoms with Gasteiger partial charge in [-0.25, -0.2) is 4.99 Å². The van der Waals surface area contributed by atoms with Gasteiger partial charge in [0.1, 0.15) is 0 Å². The Morgan fingerprint density at radius 1 is 1.10 bits per heavy atom. The summed E-state index contributed by atoms with van der Waals surface area (Å²) in [6.45, 7) is 0. The molecule has 0 spiro atoms.